The standard InChI is InChI=1S/C19H23ClN4OS/c1-13-17(26-18(22-13)14-4-2-3-5-14)19(25)24-10-8-23(9-11-24)16-7-6-15(20)12-21-16/h6-7,12,14H,2-5,8-11H2,1H3. The highest BCUT2D eigenvalue weighted by Crippen LogP contribution is 2.37. The van der Waals surface area contributed by atoms with Crippen LogP contribution in [0.15, 0.2) is 18.3 Å². The van der Waals surface area contributed by atoms with Gasteiger partial charge in [-0.25, -0.2) is 9.97 Å². The highest BCUT2D eigenvalue weighted by molar-refractivity contribution is 7.13. The molecule has 1 aliphatic carbocycles. The van der Waals surface area contributed by atoms with Crippen LogP contribution in [0.2, 0.25) is 5.02 Å². The number of piperazine rings is 1. The van der Waals surface area contributed by atoms with Crippen LogP contribution in [0, 0.1) is 6.92 Å². The summed E-state index contributed by atoms with van der Waals surface area (Å²) in [5.41, 5.74) is 0.892. The maximum absolute atomic E-state index is 13.0. The maximum atomic E-state index is 13.0. The summed E-state index contributed by atoms with van der Waals surface area (Å²) in [6.07, 6.45) is 6.67. The Hall–Kier alpha value is -1.66. The topological polar surface area (TPSA) is 49.3 Å². The Balaban J connectivity index is 1.41. The molecule has 1 amide bonds. The van der Waals surface area contributed by atoms with Crippen molar-refractivity contribution in [2.75, 3.05) is 31.1 Å². The van der Waals surface area contributed by atoms with Crippen LogP contribution in [0.5, 0.6) is 0 Å². The zero-order valence-corrected chi connectivity index (χ0v) is 16.5. The molecule has 26 heavy (non-hydrogen) atoms. The van der Waals surface area contributed by atoms with Crippen molar-refractivity contribution in [3.63, 3.8) is 0 Å². The number of carbonyl (C=O) groups excluding carboxylic acids is 1. The van der Waals surface area contributed by atoms with Gasteiger partial charge in [0.15, 0.2) is 0 Å². The van der Waals surface area contributed by atoms with Crippen molar-refractivity contribution in [1.82, 2.24) is 14.9 Å². The lowest BCUT2D eigenvalue weighted by Gasteiger charge is -2.35. The van der Waals surface area contributed by atoms with E-state index >= 15 is 0 Å². The molecular weight excluding hydrogens is 368 g/mol. The first-order valence-corrected chi connectivity index (χ1v) is 10.4. The van der Waals surface area contributed by atoms with E-state index in [1.807, 2.05) is 24.0 Å². The Morgan fingerprint density at radius 2 is 1.92 bits per heavy atom. The SMILES string of the molecule is Cc1nc(C2CCCC2)sc1C(=O)N1CCN(c2ccc(Cl)cn2)CC1. The van der Waals surface area contributed by atoms with Crippen LogP contribution in [0.4, 0.5) is 5.82 Å². The van der Waals surface area contributed by atoms with Gasteiger partial charge in [0.25, 0.3) is 5.91 Å². The largest absolute Gasteiger partial charge is 0.353 e. The Labute approximate surface area is 163 Å². The first kappa shape index (κ1) is 17.7. The fourth-order valence-corrected chi connectivity index (χ4v) is 5.12. The lowest BCUT2D eigenvalue weighted by molar-refractivity contribution is 0.0750. The number of amides is 1. The zero-order valence-electron chi connectivity index (χ0n) is 14.9. The summed E-state index contributed by atoms with van der Waals surface area (Å²) in [5.74, 6) is 1.61. The van der Waals surface area contributed by atoms with Gasteiger partial charge in [-0.2, -0.15) is 0 Å². The van der Waals surface area contributed by atoms with Crippen molar-refractivity contribution < 1.29 is 4.79 Å². The number of thiazole rings is 1. The minimum absolute atomic E-state index is 0.132. The molecule has 5 nitrogen and oxygen atoms in total. The predicted molar refractivity (Wildman–Crippen MR) is 105 cm³/mol. The monoisotopic (exact) mass is 390 g/mol. The highest BCUT2D eigenvalue weighted by Gasteiger charge is 2.28. The van der Waals surface area contributed by atoms with E-state index in [-0.39, 0.29) is 5.91 Å². The molecule has 7 heteroatoms. The number of hydrogen-bond donors (Lipinski definition) is 0. The lowest BCUT2D eigenvalue weighted by Crippen LogP contribution is -2.49. The van der Waals surface area contributed by atoms with Gasteiger partial charge in [-0.15, -0.1) is 11.3 Å². The molecule has 2 aromatic heterocycles. The van der Waals surface area contributed by atoms with Crippen molar-refractivity contribution in [1.29, 1.82) is 0 Å². The molecule has 4 rings (SSSR count). The second kappa shape index (κ2) is 7.53. The number of hydrogen-bond acceptors (Lipinski definition) is 5. The minimum atomic E-state index is 0.132. The van der Waals surface area contributed by atoms with Crippen molar-refractivity contribution >= 4 is 34.7 Å². The van der Waals surface area contributed by atoms with E-state index in [2.05, 4.69) is 9.88 Å². The van der Waals surface area contributed by atoms with Gasteiger partial charge in [0.2, 0.25) is 0 Å². The van der Waals surface area contributed by atoms with E-state index < -0.39 is 0 Å². The second-order valence-corrected chi connectivity index (χ2v) is 8.53. The Morgan fingerprint density at radius 3 is 2.58 bits per heavy atom. The number of nitrogens with zero attached hydrogens (tertiary/aromatic N) is 4. The van der Waals surface area contributed by atoms with Crippen LogP contribution in [0.1, 0.15) is 52.0 Å². The summed E-state index contributed by atoms with van der Waals surface area (Å²) < 4.78 is 0. The van der Waals surface area contributed by atoms with Gasteiger partial charge < -0.3 is 9.80 Å². The summed E-state index contributed by atoms with van der Waals surface area (Å²) in [4.78, 5) is 27.0. The average molecular weight is 391 g/mol. The van der Waals surface area contributed by atoms with Crippen LogP contribution < -0.4 is 4.90 Å². The predicted octanol–water partition coefficient (Wildman–Crippen LogP) is 4.12. The van der Waals surface area contributed by atoms with Crippen LogP contribution in [0.3, 0.4) is 0 Å². The van der Waals surface area contributed by atoms with Gasteiger partial charge in [-0.1, -0.05) is 24.4 Å². The van der Waals surface area contributed by atoms with E-state index in [0.717, 1.165) is 34.5 Å². The first-order chi connectivity index (χ1) is 12.6. The van der Waals surface area contributed by atoms with Crippen molar-refractivity contribution in [3.05, 3.63) is 38.9 Å². The molecule has 2 aliphatic rings. The summed E-state index contributed by atoms with van der Waals surface area (Å²) >= 11 is 7.52. The number of aryl methyl sites for hydroxylation is 1. The Kier molecular flexibility index (Phi) is 5.14. The normalized spacial score (nSPS) is 18.5. The van der Waals surface area contributed by atoms with E-state index in [4.69, 9.17) is 16.6 Å². The van der Waals surface area contributed by atoms with Gasteiger partial charge in [0.05, 0.1) is 15.7 Å². The number of aromatic nitrogens is 2. The van der Waals surface area contributed by atoms with E-state index in [1.165, 1.54) is 25.7 Å². The third kappa shape index (κ3) is 3.58. The summed E-state index contributed by atoms with van der Waals surface area (Å²) in [6, 6.07) is 3.79. The quantitative estimate of drug-likeness (QED) is 0.790. The van der Waals surface area contributed by atoms with Gasteiger partial charge in [-0.3, -0.25) is 4.79 Å². The van der Waals surface area contributed by atoms with Crippen molar-refractivity contribution in [3.8, 4) is 0 Å². The van der Waals surface area contributed by atoms with Crippen LogP contribution in [0.25, 0.3) is 0 Å². The molecule has 138 valence electrons. The van der Waals surface area contributed by atoms with Gasteiger partial charge in [0, 0.05) is 38.3 Å². The smallest absolute Gasteiger partial charge is 0.265 e. The molecule has 0 atom stereocenters. The van der Waals surface area contributed by atoms with Crippen molar-refractivity contribution in [2.45, 2.75) is 38.5 Å². The molecule has 2 aromatic rings. The molecule has 0 bridgehead atoms. The van der Waals surface area contributed by atoms with Gasteiger partial charge in [-0.05, 0) is 31.9 Å². The highest BCUT2D eigenvalue weighted by atomic mass is 35.5. The number of anilines is 1. The summed E-state index contributed by atoms with van der Waals surface area (Å²) in [5, 5.41) is 1.80. The molecule has 1 aliphatic heterocycles. The van der Waals surface area contributed by atoms with E-state index in [1.54, 1.807) is 17.5 Å². The number of halogens is 1. The molecule has 0 radical (unpaired) electrons. The zero-order chi connectivity index (χ0) is 18.1. The van der Waals surface area contributed by atoms with E-state index in [9.17, 15) is 4.79 Å². The number of rotatable bonds is 3. The molecule has 0 unspecified atom stereocenters. The number of pyridine rings is 1. The molecule has 1 saturated carbocycles. The molecule has 0 N–H and O–H groups in total. The van der Waals surface area contributed by atoms with Gasteiger partial charge >= 0.3 is 0 Å². The summed E-state index contributed by atoms with van der Waals surface area (Å²) in [7, 11) is 0. The Morgan fingerprint density at radius 1 is 1.19 bits per heavy atom. The first-order valence-electron chi connectivity index (χ1n) is 9.25. The number of carbonyl (C=O) groups is 1. The van der Waals surface area contributed by atoms with Gasteiger partial charge in [0.1, 0.15) is 10.7 Å². The third-order valence-corrected chi connectivity index (χ3v) is 6.85. The van der Waals surface area contributed by atoms with Crippen LogP contribution in [-0.4, -0.2) is 47.0 Å². The minimum Gasteiger partial charge on any atom is -0.353 e. The van der Waals surface area contributed by atoms with Crippen LogP contribution in [-0.2, 0) is 0 Å². The van der Waals surface area contributed by atoms with Crippen molar-refractivity contribution in [2.24, 2.45) is 0 Å². The molecule has 1 saturated heterocycles. The fraction of sp³-hybridized carbons (Fsp3) is 0.526. The fourth-order valence-electron chi connectivity index (χ4n) is 3.80. The average Bonchev–Trinajstić information content (AvgIpc) is 3.31. The lowest BCUT2D eigenvalue weighted by atomic mass is 10.1. The molecular formula is C19H23ClN4OS. The Bertz CT molecular complexity index is 777. The molecule has 2 fully saturated rings. The third-order valence-electron chi connectivity index (χ3n) is 5.31. The second-order valence-electron chi connectivity index (χ2n) is 7.06. The van der Waals surface area contributed by atoms with E-state index in [0.29, 0.717) is 24.0 Å². The maximum Gasteiger partial charge on any atom is 0.265 e. The molecule has 3 heterocycles. The summed E-state index contributed by atoms with van der Waals surface area (Å²) in [6.45, 7) is 4.95. The molecule has 0 spiro atoms. The molecule has 0 aromatic carbocycles. The van der Waals surface area contributed by atoms with Crippen LogP contribution >= 0.6 is 22.9 Å².